The van der Waals surface area contributed by atoms with E-state index in [0.29, 0.717) is 52.9 Å². The van der Waals surface area contributed by atoms with Gasteiger partial charge >= 0.3 is 0 Å². The molecule has 1 amide bonds. The molecule has 3 aromatic heterocycles. The van der Waals surface area contributed by atoms with Crippen molar-refractivity contribution in [2.75, 3.05) is 68.2 Å². The lowest BCUT2D eigenvalue weighted by Gasteiger charge is -2.43. The highest BCUT2D eigenvalue weighted by Gasteiger charge is 2.31. The summed E-state index contributed by atoms with van der Waals surface area (Å²) < 4.78 is 31.3. The van der Waals surface area contributed by atoms with Crippen molar-refractivity contribution in [3.8, 4) is 5.75 Å². The third kappa shape index (κ3) is 6.57. The molecule has 5 N–H and O–H groups in total. The van der Waals surface area contributed by atoms with Gasteiger partial charge in [-0.3, -0.25) is 9.69 Å². The monoisotopic (exact) mass is 653 g/mol. The number of piperazine rings is 1. The van der Waals surface area contributed by atoms with Crippen LogP contribution in [0.15, 0.2) is 35.8 Å². The minimum Gasteiger partial charge on any atom is -0.494 e. The number of hydrogen-bond acceptors (Lipinski definition) is 11. The predicted octanol–water partition coefficient (Wildman–Crippen LogP) is 3.72. The first-order chi connectivity index (χ1) is 21.6. The zero-order valence-corrected chi connectivity index (χ0v) is 27.3. The summed E-state index contributed by atoms with van der Waals surface area (Å²) in [6.07, 6.45) is 5.95. The number of nitrogens with one attached hydrogen (secondary N) is 3. The van der Waals surface area contributed by atoms with E-state index in [9.17, 15) is 13.2 Å². The first kappa shape index (κ1) is 31.1. The Labute approximate surface area is 266 Å². The second kappa shape index (κ2) is 12.8. The standard InChI is InChI=1S/C30H39N9O4S2/c1-4-19-17-23(34-30-35-28-21(5-9-32-28)29(36-30)33-22-8-16-44-26(22)27(31)40)25(43-2)18-24(19)38-10-6-20(7-11-38)37-12-14-39(15-13-37)45(3,41)42/h5,8-9,16-18,20H,4,6-7,10-15H2,1-3H3,(H2,31,40)(H3,32,33,34,35,36). The Hall–Kier alpha value is -3.92. The summed E-state index contributed by atoms with van der Waals surface area (Å²) in [5.41, 5.74) is 9.88. The average Bonchev–Trinajstić information content (AvgIpc) is 3.71. The highest BCUT2D eigenvalue weighted by atomic mass is 32.2. The van der Waals surface area contributed by atoms with Gasteiger partial charge in [-0.25, -0.2) is 8.42 Å². The molecule has 0 saturated carbocycles. The first-order valence-corrected chi connectivity index (χ1v) is 17.8. The molecule has 0 radical (unpaired) electrons. The molecule has 2 aliphatic rings. The van der Waals surface area contributed by atoms with E-state index in [-0.39, 0.29) is 0 Å². The van der Waals surface area contributed by atoms with Gasteiger partial charge in [0, 0.05) is 63.3 Å². The highest BCUT2D eigenvalue weighted by Crippen LogP contribution is 2.37. The second-order valence-electron chi connectivity index (χ2n) is 11.4. The Bertz CT molecular complexity index is 1790. The number of aryl methyl sites for hydroxylation is 1. The van der Waals surface area contributed by atoms with Crippen LogP contribution in [0.25, 0.3) is 11.0 Å². The maximum absolute atomic E-state index is 11.9. The summed E-state index contributed by atoms with van der Waals surface area (Å²) in [6.45, 7) is 6.65. The van der Waals surface area contributed by atoms with Gasteiger partial charge in [0.2, 0.25) is 16.0 Å². The average molecular weight is 654 g/mol. The van der Waals surface area contributed by atoms with Gasteiger partial charge in [0.25, 0.3) is 5.91 Å². The van der Waals surface area contributed by atoms with Crippen LogP contribution >= 0.6 is 11.3 Å². The van der Waals surface area contributed by atoms with Gasteiger partial charge in [-0.05, 0) is 48.4 Å². The fraction of sp³-hybridized carbons (Fsp3) is 0.433. The molecule has 5 heterocycles. The van der Waals surface area contributed by atoms with Gasteiger partial charge in [0.05, 0.1) is 30.1 Å². The van der Waals surface area contributed by atoms with Crippen molar-refractivity contribution >= 4 is 67.1 Å². The van der Waals surface area contributed by atoms with Crippen LogP contribution < -0.4 is 26.0 Å². The van der Waals surface area contributed by atoms with Gasteiger partial charge in [0.1, 0.15) is 22.1 Å². The van der Waals surface area contributed by atoms with E-state index in [4.69, 9.17) is 15.5 Å². The SMILES string of the molecule is CCc1cc(Nc2nc(Nc3ccsc3C(N)=O)c3cc[nH]c3n2)c(OC)cc1N1CCC(N2CCN(S(C)(=O)=O)CC2)CC1. The quantitative estimate of drug-likeness (QED) is 0.199. The topological polar surface area (TPSA) is 162 Å². The van der Waals surface area contributed by atoms with Crippen molar-refractivity contribution in [3.05, 3.63) is 46.3 Å². The molecule has 2 aliphatic heterocycles. The highest BCUT2D eigenvalue weighted by molar-refractivity contribution is 7.88. The normalized spacial score (nSPS) is 17.1. The van der Waals surface area contributed by atoms with Crippen molar-refractivity contribution in [2.45, 2.75) is 32.2 Å². The summed E-state index contributed by atoms with van der Waals surface area (Å²) >= 11 is 1.27. The van der Waals surface area contributed by atoms with Crippen molar-refractivity contribution in [2.24, 2.45) is 5.73 Å². The minimum absolute atomic E-state index is 0.369. The van der Waals surface area contributed by atoms with Crippen molar-refractivity contribution < 1.29 is 17.9 Å². The largest absolute Gasteiger partial charge is 0.494 e. The Kier molecular flexibility index (Phi) is 8.86. The zero-order chi connectivity index (χ0) is 31.7. The number of primary amides is 1. The number of aromatic nitrogens is 3. The lowest BCUT2D eigenvalue weighted by Crippen LogP contribution is -2.54. The van der Waals surface area contributed by atoms with Crippen LogP contribution in [0.1, 0.15) is 35.0 Å². The summed E-state index contributed by atoms with van der Waals surface area (Å²) in [6, 6.07) is 8.32. The predicted molar refractivity (Wildman–Crippen MR) is 179 cm³/mol. The number of carbonyl (C=O) groups excluding carboxylic acids is 1. The molecule has 15 heteroatoms. The zero-order valence-electron chi connectivity index (χ0n) is 25.7. The molecule has 6 rings (SSSR count). The number of sulfonamides is 1. The summed E-state index contributed by atoms with van der Waals surface area (Å²) in [7, 11) is -1.48. The Morgan fingerprint density at radius 2 is 1.84 bits per heavy atom. The lowest BCUT2D eigenvalue weighted by atomic mass is 9.99. The number of H-pyrrole nitrogens is 1. The smallest absolute Gasteiger partial charge is 0.260 e. The molecular weight excluding hydrogens is 615 g/mol. The number of carbonyl (C=O) groups is 1. The number of methoxy groups -OCH3 is 1. The second-order valence-corrected chi connectivity index (χ2v) is 14.3. The molecule has 240 valence electrons. The number of piperidine rings is 1. The maximum Gasteiger partial charge on any atom is 0.260 e. The van der Waals surface area contributed by atoms with Gasteiger partial charge in [0.15, 0.2) is 0 Å². The molecule has 2 saturated heterocycles. The maximum atomic E-state index is 11.9. The number of fused-ring (bicyclic) bond motifs is 1. The van der Waals surface area contributed by atoms with Crippen molar-refractivity contribution in [1.29, 1.82) is 0 Å². The van der Waals surface area contributed by atoms with Crippen molar-refractivity contribution in [1.82, 2.24) is 24.2 Å². The van der Waals surface area contributed by atoms with Crippen LogP contribution in [0, 0.1) is 0 Å². The molecule has 0 unspecified atom stereocenters. The van der Waals surface area contributed by atoms with E-state index in [1.807, 2.05) is 6.07 Å². The van der Waals surface area contributed by atoms with Crippen LogP contribution in [0.3, 0.4) is 0 Å². The van der Waals surface area contributed by atoms with E-state index in [1.54, 1.807) is 29.1 Å². The van der Waals surface area contributed by atoms with Crippen LogP contribution in [-0.4, -0.2) is 97.2 Å². The lowest BCUT2D eigenvalue weighted by molar-refractivity contribution is 0.100. The molecule has 1 aromatic carbocycles. The molecule has 0 aliphatic carbocycles. The fourth-order valence-electron chi connectivity index (χ4n) is 6.27. The molecule has 2 fully saturated rings. The molecule has 45 heavy (non-hydrogen) atoms. The Morgan fingerprint density at radius 3 is 2.51 bits per heavy atom. The Morgan fingerprint density at radius 1 is 1.09 bits per heavy atom. The van der Waals surface area contributed by atoms with Crippen LogP contribution in [-0.2, 0) is 16.4 Å². The number of ether oxygens (including phenoxy) is 1. The van der Waals surface area contributed by atoms with Gasteiger partial charge in [-0.1, -0.05) is 6.92 Å². The number of hydrogen-bond donors (Lipinski definition) is 4. The van der Waals surface area contributed by atoms with E-state index >= 15 is 0 Å². The van der Waals surface area contributed by atoms with E-state index in [0.717, 1.165) is 62.2 Å². The van der Waals surface area contributed by atoms with Gasteiger partial charge in [-0.2, -0.15) is 14.3 Å². The van der Waals surface area contributed by atoms with Gasteiger partial charge in [-0.15, -0.1) is 11.3 Å². The molecule has 0 spiro atoms. The fourth-order valence-corrected chi connectivity index (χ4v) is 7.80. The van der Waals surface area contributed by atoms with Crippen LogP contribution in [0.4, 0.5) is 28.8 Å². The third-order valence-corrected chi connectivity index (χ3v) is 10.9. The number of anilines is 5. The first-order valence-electron chi connectivity index (χ1n) is 15.1. The minimum atomic E-state index is -3.13. The van der Waals surface area contributed by atoms with Gasteiger partial charge < -0.3 is 31.0 Å². The molecule has 13 nitrogen and oxygen atoms in total. The summed E-state index contributed by atoms with van der Waals surface area (Å²) in [5.74, 6) is 1.09. The van der Waals surface area contributed by atoms with E-state index in [2.05, 4.69) is 49.5 Å². The third-order valence-electron chi connectivity index (χ3n) is 8.65. The molecule has 0 atom stereocenters. The number of amides is 1. The van der Waals surface area contributed by atoms with Crippen LogP contribution in [0.2, 0.25) is 0 Å². The number of aromatic amines is 1. The molecular formula is C30H39N9O4S2. The van der Waals surface area contributed by atoms with Crippen molar-refractivity contribution in [3.63, 3.8) is 0 Å². The number of benzene rings is 1. The number of thiophene rings is 1. The number of nitrogens with zero attached hydrogens (tertiary/aromatic N) is 5. The van der Waals surface area contributed by atoms with Crippen LogP contribution in [0.5, 0.6) is 5.75 Å². The summed E-state index contributed by atoms with van der Waals surface area (Å²) in [4.78, 5) is 29.8. The molecule has 0 bridgehead atoms. The Balaban J connectivity index is 1.19. The number of nitrogens with two attached hydrogens (primary N) is 1. The molecule has 4 aromatic rings. The van der Waals surface area contributed by atoms with E-state index in [1.165, 1.54) is 23.2 Å². The number of rotatable bonds is 10. The summed E-state index contributed by atoms with van der Waals surface area (Å²) in [5, 5.41) is 9.20. The van der Waals surface area contributed by atoms with E-state index < -0.39 is 15.9 Å².